The molecule has 0 fully saturated rings. The van der Waals surface area contributed by atoms with E-state index in [2.05, 4.69) is 17.2 Å². The summed E-state index contributed by atoms with van der Waals surface area (Å²) in [5.74, 6) is 0.795. The fourth-order valence-electron chi connectivity index (χ4n) is 1.82. The predicted octanol–water partition coefficient (Wildman–Crippen LogP) is 4.25. The van der Waals surface area contributed by atoms with Gasteiger partial charge in [0, 0.05) is 34.6 Å². The maximum absolute atomic E-state index is 6.07. The van der Waals surface area contributed by atoms with Crippen LogP contribution in [0.15, 0.2) is 36.7 Å². The van der Waals surface area contributed by atoms with Crippen LogP contribution in [0, 0.1) is 0 Å². The lowest BCUT2D eigenvalue weighted by Gasteiger charge is -2.17. The molecule has 0 saturated heterocycles. The molecule has 2 rings (SSSR count). The van der Waals surface area contributed by atoms with Crippen molar-refractivity contribution in [3.63, 3.8) is 0 Å². The number of ether oxygens (including phenoxy) is 1. The molecule has 5 heteroatoms. The van der Waals surface area contributed by atoms with Gasteiger partial charge in [0.2, 0.25) is 0 Å². The second-order valence-electron chi connectivity index (χ2n) is 4.45. The van der Waals surface area contributed by atoms with Crippen molar-refractivity contribution in [2.24, 2.45) is 0 Å². The number of aromatic nitrogens is 1. The molecule has 1 N–H and O–H groups in total. The van der Waals surface area contributed by atoms with Gasteiger partial charge in [-0.15, -0.1) is 0 Å². The minimum absolute atomic E-state index is 0.150. The monoisotopic (exact) mass is 310 g/mol. The first kappa shape index (κ1) is 15.1. The first-order valence-electron chi connectivity index (χ1n) is 6.29. The van der Waals surface area contributed by atoms with Crippen molar-refractivity contribution < 1.29 is 4.74 Å². The molecular weight excluding hydrogens is 295 g/mol. The average Bonchev–Trinajstić information content (AvgIpc) is 2.46. The highest BCUT2D eigenvalue weighted by atomic mass is 35.5. The normalized spacial score (nSPS) is 12.2. The number of rotatable bonds is 5. The van der Waals surface area contributed by atoms with Crippen molar-refractivity contribution in [3.05, 3.63) is 57.8 Å². The summed E-state index contributed by atoms with van der Waals surface area (Å²) in [6.45, 7) is 2.45. The summed E-state index contributed by atoms with van der Waals surface area (Å²) in [6, 6.07) is 7.60. The molecule has 0 amide bonds. The van der Waals surface area contributed by atoms with Crippen molar-refractivity contribution in [2.45, 2.75) is 19.6 Å². The fourth-order valence-corrected chi connectivity index (χ4v) is 2.18. The topological polar surface area (TPSA) is 34.1 Å². The lowest BCUT2D eigenvalue weighted by molar-refractivity contribution is 0.300. The predicted molar refractivity (Wildman–Crippen MR) is 82.5 cm³/mol. The van der Waals surface area contributed by atoms with Crippen LogP contribution in [0.25, 0.3) is 0 Å². The number of nitrogens with one attached hydrogen (secondary N) is 1. The summed E-state index contributed by atoms with van der Waals surface area (Å²) in [6.07, 6.45) is 3.31. The highest BCUT2D eigenvalue weighted by Crippen LogP contribution is 2.29. The Labute approximate surface area is 128 Å². The minimum atomic E-state index is 0.150. The van der Waals surface area contributed by atoms with Crippen LogP contribution in [0.5, 0.6) is 5.75 Å². The van der Waals surface area contributed by atoms with Crippen LogP contribution in [0.1, 0.15) is 24.1 Å². The van der Waals surface area contributed by atoms with Crippen molar-refractivity contribution in [1.29, 1.82) is 0 Å². The molecule has 0 aliphatic carbocycles. The summed E-state index contributed by atoms with van der Waals surface area (Å²) in [5, 5.41) is 4.48. The minimum Gasteiger partial charge on any atom is -0.489 e. The molecule has 1 aromatic heterocycles. The molecule has 1 heterocycles. The molecule has 0 radical (unpaired) electrons. The number of benzene rings is 1. The number of hydrogen-bond acceptors (Lipinski definition) is 3. The molecule has 0 bridgehead atoms. The summed E-state index contributed by atoms with van der Waals surface area (Å²) in [4.78, 5) is 3.96. The smallest absolute Gasteiger partial charge is 0.124 e. The van der Waals surface area contributed by atoms with Gasteiger partial charge in [-0.3, -0.25) is 4.98 Å². The van der Waals surface area contributed by atoms with Gasteiger partial charge in [0.05, 0.1) is 5.02 Å². The number of hydrogen-bond donors (Lipinski definition) is 1. The quantitative estimate of drug-likeness (QED) is 0.896. The second-order valence-corrected chi connectivity index (χ2v) is 5.29. The third-order valence-corrected chi connectivity index (χ3v) is 3.69. The molecule has 0 aliphatic rings. The molecule has 0 aliphatic heterocycles. The average molecular weight is 311 g/mol. The van der Waals surface area contributed by atoms with Gasteiger partial charge in [-0.25, -0.2) is 0 Å². The van der Waals surface area contributed by atoms with E-state index in [1.54, 1.807) is 12.4 Å². The van der Waals surface area contributed by atoms with Crippen molar-refractivity contribution in [3.8, 4) is 5.75 Å². The maximum atomic E-state index is 6.07. The first-order valence-corrected chi connectivity index (χ1v) is 7.05. The van der Waals surface area contributed by atoms with Crippen molar-refractivity contribution in [2.75, 3.05) is 7.05 Å². The molecule has 1 unspecified atom stereocenters. The lowest BCUT2D eigenvalue weighted by Crippen LogP contribution is -2.13. The lowest BCUT2D eigenvalue weighted by atomic mass is 10.1. The van der Waals surface area contributed by atoms with Gasteiger partial charge in [0.25, 0.3) is 0 Å². The van der Waals surface area contributed by atoms with Gasteiger partial charge in [-0.05, 0) is 38.2 Å². The van der Waals surface area contributed by atoms with E-state index in [1.165, 1.54) is 0 Å². The molecule has 1 aromatic carbocycles. The van der Waals surface area contributed by atoms with Crippen molar-refractivity contribution >= 4 is 23.2 Å². The maximum Gasteiger partial charge on any atom is 0.124 e. The van der Waals surface area contributed by atoms with E-state index in [4.69, 9.17) is 27.9 Å². The zero-order valence-electron chi connectivity index (χ0n) is 11.4. The summed E-state index contributed by atoms with van der Waals surface area (Å²) >= 11 is 12.1. The zero-order chi connectivity index (χ0) is 14.5. The number of nitrogens with zero attached hydrogens (tertiary/aromatic N) is 1. The highest BCUT2D eigenvalue weighted by molar-refractivity contribution is 6.31. The molecule has 0 saturated carbocycles. The Kier molecular flexibility index (Phi) is 5.24. The Morgan fingerprint density at radius 2 is 2.10 bits per heavy atom. The van der Waals surface area contributed by atoms with E-state index in [-0.39, 0.29) is 6.04 Å². The van der Waals surface area contributed by atoms with Crippen LogP contribution in [-0.2, 0) is 6.61 Å². The SMILES string of the molecule is CNC(C)c1cc(Cl)ccc1OCc1ccncc1Cl. The molecule has 1 atom stereocenters. The molecule has 106 valence electrons. The fraction of sp³-hybridized carbons (Fsp3) is 0.267. The van der Waals surface area contributed by atoms with Gasteiger partial charge < -0.3 is 10.1 Å². The van der Waals surface area contributed by atoms with E-state index in [9.17, 15) is 0 Å². The van der Waals surface area contributed by atoms with Gasteiger partial charge in [-0.1, -0.05) is 23.2 Å². The first-order chi connectivity index (χ1) is 9.61. The molecule has 2 aromatic rings. The molecular formula is C15H16Cl2N2O. The third kappa shape index (κ3) is 3.63. The molecule has 20 heavy (non-hydrogen) atoms. The number of halogens is 2. The van der Waals surface area contributed by atoms with Crippen LogP contribution in [0.3, 0.4) is 0 Å². The van der Waals surface area contributed by atoms with E-state index in [0.29, 0.717) is 16.7 Å². The third-order valence-electron chi connectivity index (χ3n) is 3.11. The molecule has 0 spiro atoms. The standard InChI is InChI=1S/C15H16Cl2N2O/c1-10(18-2)13-7-12(16)3-4-15(13)20-9-11-5-6-19-8-14(11)17/h3-8,10,18H,9H2,1-2H3. The molecule has 3 nitrogen and oxygen atoms in total. The van der Waals surface area contributed by atoms with Gasteiger partial charge >= 0.3 is 0 Å². The van der Waals surface area contributed by atoms with E-state index in [1.807, 2.05) is 31.3 Å². The Morgan fingerprint density at radius 3 is 2.80 bits per heavy atom. The van der Waals surface area contributed by atoms with Crippen LogP contribution < -0.4 is 10.1 Å². The van der Waals surface area contributed by atoms with Gasteiger partial charge in [0.15, 0.2) is 0 Å². The summed E-state index contributed by atoms with van der Waals surface area (Å²) < 4.78 is 5.87. The van der Waals surface area contributed by atoms with Gasteiger partial charge in [0.1, 0.15) is 12.4 Å². The largest absolute Gasteiger partial charge is 0.489 e. The van der Waals surface area contributed by atoms with Gasteiger partial charge in [-0.2, -0.15) is 0 Å². The Morgan fingerprint density at radius 1 is 1.30 bits per heavy atom. The zero-order valence-corrected chi connectivity index (χ0v) is 12.9. The Hall–Kier alpha value is -1.29. The van der Waals surface area contributed by atoms with E-state index >= 15 is 0 Å². The number of pyridine rings is 1. The Bertz CT molecular complexity index is 590. The summed E-state index contributed by atoms with van der Waals surface area (Å²) in [5.41, 5.74) is 1.92. The van der Waals surface area contributed by atoms with Crippen molar-refractivity contribution in [1.82, 2.24) is 10.3 Å². The summed E-state index contributed by atoms with van der Waals surface area (Å²) in [7, 11) is 1.90. The van der Waals surface area contributed by atoms with E-state index in [0.717, 1.165) is 16.9 Å². The van der Waals surface area contributed by atoms with Crippen LogP contribution in [0.4, 0.5) is 0 Å². The van der Waals surface area contributed by atoms with Crippen LogP contribution in [-0.4, -0.2) is 12.0 Å². The Balaban J connectivity index is 2.19. The second kappa shape index (κ2) is 6.93. The highest BCUT2D eigenvalue weighted by Gasteiger charge is 2.11. The van der Waals surface area contributed by atoms with E-state index < -0.39 is 0 Å². The van der Waals surface area contributed by atoms with Crippen LogP contribution in [0.2, 0.25) is 10.0 Å². The van der Waals surface area contributed by atoms with Crippen LogP contribution >= 0.6 is 23.2 Å².